The summed E-state index contributed by atoms with van der Waals surface area (Å²) >= 11 is 3.15. The molecule has 0 unspecified atom stereocenters. The number of benzene rings is 2. The zero-order valence-electron chi connectivity index (χ0n) is 17.2. The lowest BCUT2D eigenvalue weighted by molar-refractivity contribution is -0.160. The second-order valence-electron chi connectivity index (χ2n) is 8.14. The molecule has 1 atom stereocenters. The molecule has 0 aromatic heterocycles. The highest BCUT2D eigenvalue weighted by Crippen LogP contribution is 2.42. The van der Waals surface area contributed by atoms with E-state index in [2.05, 4.69) is 15.9 Å². The molecule has 0 aliphatic carbocycles. The van der Waals surface area contributed by atoms with Crippen molar-refractivity contribution in [1.82, 2.24) is 10.0 Å². The Hall–Kier alpha value is -2.65. The minimum Gasteiger partial charge on any atom is -0.509 e. The fraction of sp³-hybridized carbons (Fsp3) is 0.304. The number of hydrogen-bond donors (Lipinski definition) is 1. The molecule has 1 N–H and O–H groups in total. The monoisotopic (exact) mass is 508 g/mol. The van der Waals surface area contributed by atoms with Crippen LogP contribution in [0.5, 0.6) is 0 Å². The van der Waals surface area contributed by atoms with Gasteiger partial charge in [-0.15, -0.1) is 0 Å². The number of fused-ring (bicyclic) bond motifs is 1. The van der Waals surface area contributed by atoms with E-state index in [1.807, 2.05) is 0 Å². The zero-order chi connectivity index (χ0) is 23.2. The van der Waals surface area contributed by atoms with E-state index < -0.39 is 46.7 Å². The normalized spacial score (nSPS) is 21.3. The molecule has 9 heteroatoms. The number of aliphatic hydroxyl groups is 1. The van der Waals surface area contributed by atoms with E-state index in [4.69, 9.17) is 0 Å². The number of aliphatic hydroxyl groups excluding tert-OH is 1. The van der Waals surface area contributed by atoms with Crippen LogP contribution in [0.15, 0.2) is 52.2 Å². The van der Waals surface area contributed by atoms with Gasteiger partial charge in [0.1, 0.15) is 17.1 Å². The van der Waals surface area contributed by atoms with Gasteiger partial charge >= 0.3 is 0 Å². The Morgan fingerprint density at radius 2 is 1.91 bits per heavy atom. The molecule has 2 aromatic rings. The van der Waals surface area contributed by atoms with Crippen LogP contribution in [-0.2, 0) is 22.6 Å². The van der Waals surface area contributed by atoms with Crippen molar-refractivity contribution in [3.05, 3.63) is 80.8 Å². The summed E-state index contributed by atoms with van der Waals surface area (Å²) in [5.41, 5.74) is -1.49. The van der Waals surface area contributed by atoms with Crippen LogP contribution in [0, 0.1) is 17.5 Å². The van der Waals surface area contributed by atoms with Gasteiger partial charge in [0.15, 0.2) is 17.4 Å². The fourth-order valence-electron chi connectivity index (χ4n) is 4.35. The minimum absolute atomic E-state index is 0.0558. The number of halogens is 4. The molecule has 1 saturated heterocycles. The average molecular weight is 509 g/mol. The topological polar surface area (TPSA) is 60.9 Å². The lowest BCUT2D eigenvalue weighted by Crippen LogP contribution is -2.60. The van der Waals surface area contributed by atoms with E-state index >= 15 is 0 Å². The summed E-state index contributed by atoms with van der Waals surface area (Å²) in [6.45, 7) is 1.77. The van der Waals surface area contributed by atoms with Crippen LogP contribution in [-0.4, -0.2) is 38.9 Å². The minimum atomic E-state index is -1.08. The molecular formula is C23H20BrF3N2O3. The Morgan fingerprint density at radius 1 is 1.16 bits per heavy atom. The summed E-state index contributed by atoms with van der Waals surface area (Å²) in [5.74, 6) is -4.69. The van der Waals surface area contributed by atoms with Gasteiger partial charge in [0.05, 0.1) is 12.1 Å². The van der Waals surface area contributed by atoms with Gasteiger partial charge < -0.3 is 5.11 Å². The molecule has 2 heterocycles. The third kappa shape index (κ3) is 3.73. The number of hydrazine groups is 1. The second-order valence-corrected chi connectivity index (χ2v) is 9.05. The third-order valence-electron chi connectivity index (χ3n) is 6.09. The first-order valence-electron chi connectivity index (χ1n) is 10.1. The Balaban J connectivity index is 1.72. The summed E-state index contributed by atoms with van der Waals surface area (Å²) in [4.78, 5) is 26.4. The average Bonchev–Trinajstić information content (AvgIpc) is 3.14. The first-order valence-corrected chi connectivity index (χ1v) is 10.9. The van der Waals surface area contributed by atoms with Crippen molar-refractivity contribution in [2.24, 2.45) is 0 Å². The molecule has 32 heavy (non-hydrogen) atoms. The molecule has 2 aliphatic rings. The van der Waals surface area contributed by atoms with Crippen LogP contribution >= 0.6 is 15.9 Å². The predicted octanol–water partition coefficient (Wildman–Crippen LogP) is 4.60. The molecule has 1 fully saturated rings. The summed E-state index contributed by atoms with van der Waals surface area (Å²) in [7, 11) is 0. The van der Waals surface area contributed by atoms with Crippen molar-refractivity contribution >= 4 is 27.6 Å². The number of ketones is 1. The van der Waals surface area contributed by atoms with Crippen molar-refractivity contribution in [2.75, 3.05) is 6.54 Å². The highest BCUT2D eigenvalue weighted by Gasteiger charge is 2.52. The molecule has 0 saturated carbocycles. The van der Waals surface area contributed by atoms with Gasteiger partial charge in [-0.1, -0.05) is 34.1 Å². The number of hydrogen-bond acceptors (Lipinski definition) is 4. The lowest BCUT2D eigenvalue weighted by atomic mass is 9.88. The van der Waals surface area contributed by atoms with Gasteiger partial charge in [0.25, 0.3) is 5.91 Å². The van der Waals surface area contributed by atoms with Crippen LogP contribution in [0.4, 0.5) is 13.2 Å². The van der Waals surface area contributed by atoms with Gasteiger partial charge in [-0.2, -0.15) is 0 Å². The van der Waals surface area contributed by atoms with Gasteiger partial charge in [-0.3, -0.25) is 14.6 Å². The van der Waals surface area contributed by atoms with Gasteiger partial charge in [0, 0.05) is 23.0 Å². The van der Waals surface area contributed by atoms with E-state index in [0.717, 1.165) is 6.07 Å². The van der Waals surface area contributed by atoms with Gasteiger partial charge in [-0.25, -0.2) is 18.2 Å². The lowest BCUT2D eigenvalue weighted by Gasteiger charge is -2.46. The number of nitrogens with zero attached hydrogens (tertiary/aromatic N) is 2. The van der Waals surface area contributed by atoms with E-state index in [0.29, 0.717) is 23.9 Å². The van der Waals surface area contributed by atoms with E-state index in [1.54, 1.807) is 18.0 Å². The SMILES string of the molecule is C[C@]12CCCN1N(Cc1cccc(F)c1F)C(=O)C(C(=O)Cc1ccc(Br)cc1F)=C2O. The molecule has 0 spiro atoms. The quantitative estimate of drug-likeness (QED) is 0.599. The molecule has 0 bridgehead atoms. The molecule has 2 aliphatic heterocycles. The van der Waals surface area contributed by atoms with Gasteiger partial charge in [0.2, 0.25) is 0 Å². The molecule has 4 rings (SSSR count). The maximum absolute atomic E-state index is 14.3. The first kappa shape index (κ1) is 22.5. The molecule has 1 amide bonds. The smallest absolute Gasteiger partial charge is 0.275 e. The van der Waals surface area contributed by atoms with Crippen molar-refractivity contribution in [3.63, 3.8) is 0 Å². The number of rotatable bonds is 5. The van der Waals surface area contributed by atoms with Crippen LogP contribution in [0.2, 0.25) is 0 Å². The van der Waals surface area contributed by atoms with Crippen LogP contribution < -0.4 is 0 Å². The second kappa shape index (κ2) is 8.37. The van der Waals surface area contributed by atoms with Crippen LogP contribution in [0.3, 0.4) is 0 Å². The first-order chi connectivity index (χ1) is 15.1. The maximum atomic E-state index is 14.3. The summed E-state index contributed by atoms with van der Waals surface area (Å²) < 4.78 is 42.8. The Bertz CT molecular complexity index is 1150. The number of carbonyl (C=O) groups is 2. The van der Waals surface area contributed by atoms with E-state index in [-0.39, 0.29) is 23.4 Å². The summed E-state index contributed by atoms with van der Waals surface area (Å²) in [6.07, 6.45) is 0.652. The van der Waals surface area contributed by atoms with Crippen LogP contribution in [0.1, 0.15) is 30.9 Å². The highest BCUT2D eigenvalue weighted by atomic mass is 79.9. The van der Waals surface area contributed by atoms with Crippen molar-refractivity contribution in [2.45, 2.75) is 38.3 Å². The van der Waals surface area contributed by atoms with Gasteiger partial charge in [-0.05, 0) is 43.5 Å². The van der Waals surface area contributed by atoms with Crippen molar-refractivity contribution in [3.8, 4) is 0 Å². The maximum Gasteiger partial charge on any atom is 0.275 e. The molecule has 0 radical (unpaired) electrons. The summed E-state index contributed by atoms with van der Waals surface area (Å²) in [6, 6.07) is 7.87. The Morgan fingerprint density at radius 3 is 2.62 bits per heavy atom. The standard InChI is InChI=1S/C23H20BrF3N2O3/c1-23-8-3-9-29(23)28(12-14-4-2-5-16(25)20(14)27)22(32)19(21(23)31)18(30)10-13-6-7-15(24)11-17(13)26/h2,4-7,11,31H,3,8-10,12H2,1H3/t23-/m1/s1. The largest absolute Gasteiger partial charge is 0.509 e. The third-order valence-corrected chi connectivity index (χ3v) is 6.58. The molecule has 2 aromatic carbocycles. The van der Waals surface area contributed by atoms with Crippen LogP contribution in [0.25, 0.3) is 0 Å². The predicted molar refractivity (Wildman–Crippen MR) is 114 cm³/mol. The molecule has 5 nitrogen and oxygen atoms in total. The number of carbonyl (C=O) groups excluding carboxylic acids is 2. The van der Waals surface area contributed by atoms with E-state index in [1.165, 1.54) is 29.3 Å². The zero-order valence-corrected chi connectivity index (χ0v) is 18.8. The van der Waals surface area contributed by atoms with E-state index in [9.17, 15) is 27.9 Å². The van der Waals surface area contributed by atoms with Crippen molar-refractivity contribution < 1.29 is 27.9 Å². The summed E-state index contributed by atoms with van der Waals surface area (Å²) in [5, 5.41) is 13.7. The highest BCUT2D eigenvalue weighted by molar-refractivity contribution is 9.10. The number of Topliss-reactive ketones (excluding diaryl/α,β-unsaturated/α-hetero) is 1. The molecular weight excluding hydrogens is 489 g/mol. The fourth-order valence-corrected chi connectivity index (χ4v) is 4.69. The Labute approximate surface area is 191 Å². The molecule has 168 valence electrons. The van der Waals surface area contributed by atoms with Crippen molar-refractivity contribution in [1.29, 1.82) is 0 Å². The number of amides is 1. The Kier molecular flexibility index (Phi) is 5.89.